The van der Waals surface area contributed by atoms with Crippen LogP contribution in [0, 0.1) is 5.82 Å². The second kappa shape index (κ2) is 11.3. The van der Waals surface area contributed by atoms with Gasteiger partial charge in [0, 0.05) is 24.5 Å². The highest BCUT2D eigenvalue weighted by Crippen LogP contribution is 2.34. The van der Waals surface area contributed by atoms with Crippen molar-refractivity contribution in [3.05, 3.63) is 77.7 Å². The minimum atomic E-state index is -0.742. The molecule has 2 aromatic carbocycles. The second-order valence-electron chi connectivity index (χ2n) is 7.24. The zero-order valence-corrected chi connectivity index (χ0v) is 19.1. The molecule has 0 spiro atoms. The Balaban J connectivity index is 1.26. The first kappa shape index (κ1) is 24.0. The lowest BCUT2D eigenvalue weighted by Crippen LogP contribution is -2.28. The van der Waals surface area contributed by atoms with Crippen molar-refractivity contribution in [1.29, 1.82) is 0 Å². The number of rotatable bonds is 9. The number of fused-ring (bicyclic) bond motifs is 1. The smallest absolute Gasteiger partial charge is 0.341 e. The van der Waals surface area contributed by atoms with E-state index >= 15 is 0 Å². The molecular formula is C24H20FN3O6S. The van der Waals surface area contributed by atoms with E-state index in [4.69, 9.17) is 14.2 Å². The van der Waals surface area contributed by atoms with E-state index in [2.05, 4.69) is 15.6 Å². The van der Waals surface area contributed by atoms with Gasteiger partial charge in [-0.25, -0.2) is 14.2 Å². The molecule has 0 unspecified atom stereocenters. The summed E-state index contributed by atoms with van der Waals surface area (Å²) in [6.45, 7) is -0.191. The average Bonchev–Trinajstić information content (AvgIpc) is 3.34. The quantitative estimate of drug-likeness (QED) is 0.342. The van der Waals surface area contributed by atoms with Crippen molar-refractivity contribution < 1.29 is 33.0 Å². The summed E-state index contributed by atoms with van der Waals surface area (Å²) in [5.41, 5.74) is 1.39. The molecule has 3 aromatic rings. The van der Waals surface area contributed by atoms with Gasteiger partial charge in [-0.2, -0.15) is 0 Å². The fraction of sp³-hybridized carbons (Fsp3) is 0.167. The van der Waals surface area contributed by atoms with Gasteiger partial charge in [-0.3, -0.25) is 9.59 Å². The number of amides is 2. The van der Waals surface area contributed by atoms with E-state index in [9.17, 15) is 18.8 Å². The molecule has 0 saturated heterocycles. The first-order chi connectivity index (χ1) is 17.0. The molecule has 2 N–H and O–H groups in total. The Morgan fingerprint density at radius 1 is 1.03 bits per heavy atom. The summed E-state index contributed by atoms with van der Waals surface area (Å²) in [6.07, 6.45) is 1.49. The summed E-state index contributed by atoms with van der Waals surface area (Å²) in [5, 5.41) is 5.63. The number of esters is 1. The van der Waals surface area contributed by atoms with E-state index < -0.39 is 18.5 Å². The van der Waals surface area contributed by atoms with Gasteiger partial charge in [0.2, 0.25) is 12.7 Å². The Kier molecular flexibility index (Phi) is 7.78. The summed E-state index contributed by atoms with van der Waals surface area (Å²) >= 11 is 1.06. The van der Waals surface area contributed by atoms with Crippen LogP contribution in [0.4, 0.5) is 10.1 Å². The van der Waals surface area contributed by atoms with Gasteiger partial charge in [0.15, 0.2) is 18.1 Å². The predicted molar refractivity (Wildman–Crippen MR) is 125 cm³/mol. The molecule has 2 heterocycles. The number of ether oxygens (including phenoxy) is 3. The lowest BCUT2D eigenvalue weighted by molar-refractivity contribution is -0.124. The number of anilines is 1. The molecule has 0 fully saturated rings. The number of carbonyl (C=O) groups excluding carboxylic acids is 3. The van der Waals surface area contributed by atoms with Crippen molar-refractivity contribution in [3.8, 4) is 11.5 Å². The largest absolute Gasteiger partial charge is 0.454 e. The molecule has 2 amide bonds. The van der Waals surface area contributed by atoms with E-state index in [1.807, 2.05) is 0 Å². The van der Waals surface area contributed by atoms with Gasteiger partial charge in [0.1, 0.15) is 10.8 Å². The summed E-state index contributed by atoms with van der Waals surface area (Å²) < 4.78 is 28.6. The highest BCUT2D eigenvalue weighted by Gasteiger charge is 2.18. The van der Waals surface area contributed by atoms with Crippen LogP contribution in [0.5, 0.6) is 11.5 Å². The van der Waals surface area contributed by atoms with Crippen molar-refractivity contribution >= 4 is 35.2 Å². The first-order valence-corrected chi connectivity index (χ1v) is 11.4. The van der Waals surface area contributed by atoms with Gasteiger partial charge in [-0.15, -0.1) is 0 Å². The predicted octanol–water partition coefficient (Wildman–Crippen LogP) is 3.15. The minimum absolute atomic E-state index is 0.0100. The number of carbonyl (C=O) groups is 3. The lowest BCUT2D eigenvalue weighted by Gasteiger charge is -2.10. The van der Waals surface area contributed by atoms with Crippen molar-refractivity contribution in [3.63, 3.8) is 0 Å². The number of nitrogens with zero attached hydrogens (tertiary/aromatic N) is 1. The molecule has 0 aliphatic carbocycles. The fourth-order valence-electron chi connectivity index (χ4n) is 3.03. The van der Waals surface area contributed by atoms with Gasteiger partial charge in [0.05, 0.1) is 11.3 Å². The van der Waals surface area contributed by atoms with Gasteiger partial charge in [-0.05, 0) is 42.0 Å². The molecule has 0 atom stereocenters. The van der Waals surface area contributed by atoms with Gasteiger partial charge in [0.25, 0.3) is 5.91 Å². The van der Waals surface area contributed by atoms with Crippen LogP contribution in [-0.2, 0) is 20.9 Å². The molecule has 35 heavy (non-hydrogen) atoms. The molecule has 0 saturated carbocycles. The average molecular weight is 498 g/mol. The molecule has 0 radical (unpaired) electrons. The normalized spacial score (nSPS) is 11.6. The maximum absolute atomic E-state index is 12.9. The number of halogens is 1. The second-order valence-corrected chi connectivity index (χ2v) is 8.20. The number of nitrogens with one attached hydrogen (secondary N) is 2. The Labute approximate surface area is 204 Å². The number of aromatic nitrogens is 1. The zero-order valence-electron chi connectivity index (χ0n) is 18.3. The van der Waals surface area contributed by atoms with Crippen LogP contribution < -0.4 is 20.1 Å². The molecule has 1 aliphatic rings. The fourth-order valence-corrected chi connectivity index (χ4v) is 3.81. The van der Waals surface area contributed by atoms with Crippen molar-refractivity contribution in [2.75, 3.05) is 24.5 Å². The van der Waals surface area contributed by atoms with E-state index in [1.54, 1.807) is 36.4 Å². The third-order valence-electron chi connectivity index (χ3n) is 4.72. The number of thioether (sulfide) groups is 1. The van der Waals surface area contributed by atoms with Crippen LogP contribution >= 0.6 is 11.8 Å². The van der Waals surface area contributed by atoms with Gasteiger partial charge in [-0.1, -0.05) is 23.9 Å². The van der Waals surface area contributed by atoms with Crippen LogP contribution in [0.2, 0.25) is 0 Å². The third-order valence-corrected chi connectivity index (χ3v) is 5.73. The van der Waals surface area contributed by atoms with Crippen molar-refractivity contribution in [2.24, 2.45) is 0 Å². The van der Waals surface area contributed by atoms with Crippen LogP contribution in [0.1, 0.15) is 15.9 Å². The summed E-state index contributed by atoms with van der Waals surface area (Å²) in [5.74, 6) is -0.782. The van der Waals surface area contributed by atoms with Crippen LogP contribution in [-0.4, -0.2) is 41.9 Å². The molecule has 9 nitrogen and oxygen atoms in total. The Morgan fingerprint density at radius 3 is 2.66 bits per heavy atom. The first-order valence-electron chi connectivity index (χ1n) is 10.4. The van der Waals surface area contributed by atoms with Crippen LogP contribution in [0.25, 0.3) is 0 Å². The van der Waals surface area contributed by atoms with E-state index in [1.165, 1.54) is 24.4 Å². The Hall–Kier alpha value is -4.12. The van der Waals surface area contributed by atoms with E-state index in [0.717, 1.165) is 11.8 Å². The highest BCUT2D eigenvalue weighted by atomic mass is 32.2. The number of hydrogen-bond donors (Lipinski definition) is 2. The van der Waals surface area contributed by atoms with Crippen molar-refractivity contribution in [1.82, 2.24) is 10.3 Å². The van der Waals surface area contributed by atoms with Gasteiger partial charge >= 0.3 is 5.97 Å². The molecule has 4 rings (SSSR count). The van der Waals surface area contributed by atoms with Crippen LogP contribution in [0.3, 0.4) is 0 Å². The maximum Gasteiger partial charge on any atom is 0.341 e. The molecular weight excluding hydrogens is 477 g/mol. The minimum Gasteiger partial charge on any atom is -0.454 e. The lowest BCUT2D eigenvalue weighted by atomic mass is 10.2. The van der Waals surface area contributed by atoms with E-state index in [0.29, 0.717) is 27.8 Å². The summed E-state index contributed by atoms with van der Waals surface area (Å²) in [6, 6.07) is 13.8. The molecule has 1 aromatic heterocycles. The molecule has 0 bridgehead atoms. The highest BCUT2D eigenvalue weighted by molar-refractivity contribution is 8.00. The zero-order chi connectivity index (χ0) is 24.6. The molecule has 1 aliphatic heterocycles. The van der Waals surface area contributed by atoms with Crippen LogP contribution in [0.15, 0.2) is 65.8 Å². The number of benzene rings is 2. The monoisotopic (exact) mass is 497 g/mol. The standard InChI is InChI=1S/C24H20FN3O6S/c25-16-5-3-15(4-6-16)11-27-21(29)12-32-24(31)18-2-1-9-26-23(18)35-13-22(30)28-17-7-8-19-20(10-17)34-14-33-19/h1-10H,11-14H2,(H,27,29)(H,28,30). The Bertz CT molecular complexity index is 1240. The number of pyridine rings is 1. The summed E-state index contributed by atoms with van der Waals surface area (Å²) in [4.78, 5) is 41.0. The maximum atomic E-state index is 12.9. The summed E-state index contributed by atoms with van der Waals surface area (Å²) in [7, 11) is 0. The topological polar surface area (TPSA) is 116 Å². The SMILES string of the molecule is O=C(COC(=O)c1cccnc1SCC(=O)Nc1ccc2c(c1)OCO2)NCc1ccc(F)cc1. The number of hydrogen-bond acceptors (Lipinski definition) is 8. The molecule has 11 heteroatoms. The Morgan fingerprint density at radius 2 is 1.83 bits per heavy atom. The van der Waals surface area contributed by atoms with Gasteiger partial charge < -0.3 is 24.8 Å². The van der Waals surface area contributed by atoms with E-state index in [-0.39, 0.29) is 36.4 Å². The third kappa shape index (κ3) is 6.70. The van der Waals surface area contributed by atoms with Crippen molar-refractivity contribution in [2.45, 2.75) is 11.6 Å². The molecule has 180 valence electrons.